The van der Waals surface area contributed by atoms with Gasteiger partial charge in [0, 0.05) is 33.6 Å². The number of nitrogens with zero attached hydrogens (tertiary/aromatic N) is 3. The van der Waals surface area contributed by atoms with Crippen LogP contribution in [0, 0.1) is 0 Å². The number of aliphatic hydroxyl groups excluding tert-OH is 1. The van der Waals surface area contributed by atoms with Gasteiger partial charge in [0.25, 0.3) is 0 Å². The number of carbonyl (C=O) groups is 1. The zero-order valence-corrected chi connectivity index (χ0v) is 14.2. The molecule has 0 bridgehead atoms. The Morgan fingerprint density at radius 2 is 2.12 bits per heavy atom. The number of hydrogen-bond acceptors (Lipinski definition) is 4. The van der Waals surface area contributed by atoms with Crippen LogP contribution in [-0.2, 0) is 11.8 Å². The van der Waals surface area contributed by atoms with Crippen LogP contribution in [0.25, 0.3) is 0 Å². The van der Waals surface area contributed by atoms with E-state index in [2.05, 4.69) is 10.3 Å². The normalized spacial score (nSPS) is 13.3. The van der Waals surface area contributed by atoms with Gasteiger partial charge in [-0.05, 0) is 5.56 Å². The Kier molecular flexibility index (Phi) is 6.34. The number of nitrogens with one attached hydrogen (secondary N) is 1. The lowest BCUT2D eigenvalue weighted by molar-refractivity contribution is 0.0488. The molecule has 0 unspecified atom stereocenters. The van der Waals surface area contributed by atoms with Crippen molar-refractivity contribution in [3.8, 4) is 0 Å². The maximum absolute atomic E-state index is 12.5. The number of ether oxygens (including phenoxy) is 1. The van der Waals surface area contributed by atoms with Crippen LogP contribution in [0.15, 0.2) is 42.7 Å². The van der Waals surface area contributed by atoms with E-state index in [0.29, 0.717) is 0 Å². The number of aryl methyl sites for hydroxylation is 1. The predicted octanol–water partition coefficient (Wildman–Crippen LogP) is 1.16. The van der Waals surface area contributed by atoms with Gasteiger partial charge in [-0.25, -0.2) is 9.78 Å². The number of hydrogen-bond donors (Lipinski definition) is 2. The monoisotopic (exact) mass is 332 g/mol. The quantitative estimate of drug-likeness (QED) is 0.797. The Bertz CT molecular complexity index is 644. The number of imidazole rings is 1. The van der Waals surface area contributed by atoms with Crippen molar-refractivity contribution in [2.75, 3.05) is 27.3 Å². The van der Waals surface area contributed by atoms with Gasteiger partial charge in [0.15, 0.2) is 0 Å². The molecule has 2 N–H and O–H groups in total. The summed E-state index contributed by atoms with van der Waals surface area (Å²) >= 11 is 0. The molecule has 24 heavy (non-hydrogen) atoms. The molecular formula is C17H24N4O3. The number of rotatable bonds is 7. The van der Waals surface area contributed by atoms with Crippen LogP contribution in [0.3, 0.4) is 0 Å². The molecular weight excluding hydrogens is 308 g/mol. The number of carbonyl (C=O) groups excluding carboxylic acids is 1. The molecule has 1 aromatic carbocycles. The molecule has 0 aliphatic heterocycles. The van der Waals surface area contributed by atoms with Crippen molar-refractivity contribution in [1.82, 2.24) is 19.8 Å². The third kappa shape index (κ3) is 4.56. The summed E-state index contributed by atoms with van der Waals surface area (Å²) in [4.78, 5) is 18.3. The Labute approximate surface area is 141 Å². The largest absolute Gasteiger partial charge is 0.389 e. The van der Waals surface area contributed by atoms with Crippen LogP contribution in [-0.4, -0.2) is 59.0 Å². The van der Waals surface area contributed by atoms with Crippen molar-refractivity contribution < 1.29 is 14.6 Å². The molecule has 0 aliphatic rings. The lowest BCUT2D eigenvalue weighted by Crippen LogP contribution is -2.44. The number of benzene rings is 1. The average molecular weight is 332 g/mol. The minimum atomic E-state index is -0.728. The van der Waals surface area contributed by atoms with Crippen LogP contribution in [0.1, 0.15) is 17.4 Å². The van der Waals surface area contributed by atoms with Gasteiger partial charge in [-0.1, -0.05) is 30.3 Å². The minimum Gasteiger partial charge on any atom is -0.389 e. The molecule has 1 aromatic heterocycles. The van der Waals surface area contributed by atoms with Crippen molar-refractivity contribution in [3.05, 3.63) is 54.1 Å². The van der Waals surface area contributed by atoms with Gasteiger partial charge in [0.05, 0.1) is 19.3 Å². The van der Waals surface area contributed by atoms with E-state index in [1.165, 1.54) is 12.0 Å². The molecule has 0 saturated heterocycles. The Morgan fingerprint density at radius 1 is 1.42 bits per heavy atom. The van der Waals surface area contributed by atoms with Crippen molar-refractivity contribution in [2.24, 2.45) is 7.05 Å². The fraction of sp³-hybridized carbons (Fsp3) is 0.412. The first kappa shape index (κ1) is 18.0. The maximum atomic E-state index is 12.5. The lowest BCUT2D eigenvalue weighted by atomic mass is 10.1. The molecule has 1 heterocycles. The highest BCUT2D eigenvalue weighted by Crippen LogP contribution is 2.20. The smallest absolute Gasteiger partial charge is 0.318 e. The van der Waals surface area contributed by atoms with E-state index >= 15 is 0 Å². The second kappa shape index (κ2) is 8.47. The highest BCUT2D eigenvalue weighted by Gasteiger charge is 2.23. The molecule has 2 atom stereocenters. The van der Waals surface area contributed by atoms with Gasteiger partial charge in [0.2, 0.25) is 0 Å². The van der Waals surface area contributed by atoms with Gasteiger partial charge < -0.3 is 24.6 Å². The van der Waals surface area contributed by atoms with E-state index in [0.717, 1.165) is 11.4 Å². The minimum absolute atomic E-state index is 0.180. The van der Waals surface area contributed by atoms with Gasteiger partial charge in [-0.3, -0.25) is 0 Å². The van der Waals surface area contributed by atoms with E-state index in [1.807, 2.05) is 48.1 Å². The van der Waals surface area contributed by atoms with Crippen LogP contribution in [0.4, 0.5) is 4.79 Å². The number of amides is 2. The molecule has 0 radical (unpaired) electrons. The van der Waals surface area contributed by atoms with Crippen molar-refractivity contribution in [3.63, 3.8) is 0 Å². The number of aliphatic hydroxyl groups is 1. The van der Waals surface area contributed by atoms with Gasteiger partial charge in [0.1, 0.15) is 11.9 Å². The summed E-state index contributed by atoms with van der Waals surface area (Å²) in [5.74, 6) is 0.736. The first-order valence-electron chi connectivity index (χ1n) is 7.73. The first-order chi connectivity index (χ1) is 11.5. The van der Waals surface area contributed by atoms with E-state index in [9.17, 15) is 9.90 Å². The van der Waals surface area contributed by atoms with Gasteiger partial charge >= 0.3 is 6.03 Å². The Balaban J connectivity index is 2.14. The summed E-state index contributed by atoms with van der Waals surface area (Å²) in [7, 11) is 5.03. The predicted molar refractivity (Wildman–Crippen MR) is 90.5 cm³/mol. The fourth-order valence-electron chi connectivity index (χ4n) is 2.48. The Hall–Kier alpha value is -2.38. The number of likely N-dealkylation sites (N-methyl/N-ethyl adjacent to an activating group) is 1. The van der Waals surface area contributed by atoms with E-state index < -0.39 is 6.10 Å². The summed E-state index contributed by atoms with van der Waals surface area (Å²) in [5.41, 5.74) is 0.936. The van der Waals surface area contributed by atoms with Crippen molar-refractivity contribution >= 4 is 6.03 Å². The summed E-state index contributed by atoms with van der Waals surface area (Å²) in [6, 6.07) is 8.99. The van der Waals surface area contributed by atoms with E-state index in [-0.39, 0.29) is 25.2 Å². The zero-order chi connectivity index (χ0) is 17.5. The lowest BCUT2D eigenvalue weighted by Gasteiger charge is -2.25. The first-order valence-corrected chi connectivity index (χ1v) is 7.73. The summed E-state index contributed by atoms with van der Waals surface area (Å²) in [5, 5.41) is 12.8. The van der Waals surface area contributed by atoms with Gasteiger partial charge in [-0.2, -0.15) is 0 Å². The molecule has 2 aromatic rings. The van der Waals surface area contributed by atoms with Gasteiger partial charge in [-0.15, -0.1) is 0 Å². The standard InChI is InChI=1S/C17H24N4O3/c1-20-10-9-18-16(20)15(13-7-5-4-6-8-13)19-17(23)21(2)11-14(22)12-24-3/h4-10,14-15,22H,11-12H2,1-3H3,(H,19,23)/t14-,15-/m1/s1. The summed E-state index contributed by atoms with van der Waals surface area (Å²) in [6.07, 6.45) is 2.81. The SMILES string of the molecule is COC[C@H](O)CN(C)C(=O)N[C@H](c1ccccc1)c1nccn1C. The fourth-order valence-corrected chi connectivity index (χ4v) is 2.48. The van der Waals surface area contributed by atoms with E-state index in [1.54, 1.807) is 13.2 Å². The molecule has 0 aliphatic carbocycles. The second-order valence-electron chi connectivity index (χ2n) is 5.68. The number of aromatic nitrogens is 2. The van der Waals surface area contributed by atoms with Crippen LogP contribution >= 0.6 is 0 Å². The third-order valence-corrected chi connectivity index (χ3v) is 3.71. The molecule has 7 nitrogen and oxygen atoms in total. The third-order valence-electron chi connectivity index (χ3n) is 3.71. The highest BCUT2D eigenvalue weighted by molar-refractivity contribution is 5.74. The molecule has 130 valence electrons. The molecule has 2 amide bonds. The molecule has 7 heteroatoms. The second-order valence-corrected chi connectivity index (χ2v) is 5.68. The Morgan fingerprint density at radius 3 is 2.71 bits per heavy atom. The van der Waals surface area contributed by atoms with Crippen LogP contribution in [0.2, 0.25) is 0 Å². The van der Waals surface area contributed by atoms with Crippen LogP contribution < -0.4 is 5.32 Å². The molecule has 0 saturated carbocycles. The summed E-state index contributed by atoms with van der Waals surface area (Å²) in [6.45, 7) is 0.362. The maximum Gasteiger partial charge on any atom is 0.318 e. The number of methoxy groups -OCH3 is 1. The average Bonchev–Trinajstić information content (AvgIpc) is 2.99. The topological polar surface area (TPSA) is 79.6 Å². The molecule has 2 rings (SSSR count). The van der Waals surface area contributed by atoms with E-state index in [4.69, 9.17) is 4.74 Å². The van der Waals surface area contributed by atoms with Crippen LogP contribution in [0.5, 0.6) is 0 Å². The van der Waals surface area contributed by atoms with Crippen molar-refractivity contribution in [1.29, 1.82) is 0 Å². The summed E-state index contributed by atoms with van der Waals surface area (Å²) < 4.78 is 6.76. The van der Waals surface area contributed by atoms with Crippen molar-refractivity contribution in [2.45, 2.75) is 12.1 Å². The zero-order valence-electron chi connectivity index (χ0n) is 14.2. The number of urea groups is 1. The molecule has 0 spiro atoms. The molecule has 0 fully saturated rings. The highest BCUT2D eigenvalue weighted by atomic mass is 16.5.